The number of ether oxygens (including phenoxy) is 2. The zero-order valence-corrected chi connectivity index (χ0v) is 30.6. The second kappa shape index (κ2) is 21.9. The number of aliphatic hydroxyl groups excluding tert-OH is 2. The largest absolute Gasteiger partial charge is 0.491 e. The highest BCUT2D eigenvalue weighted by atomic mass is 19.1. The van der Waals surface area contributed by atoms with Gasteiger partial charge in [-0.2, -0.15) is 0 Å². The Labute approximate surface area is 302 Å². The Hall–Kier alpha value is -4.15. The standard InChI is InChI=1S/C40H49F2NO4.C2H6O2/c1-8-11-12-36(47-27(4)5)26-46-35(10-3)25-29(7)30(9-2)14-13-28(6)39-37(23-24-38(44)31-15-17-32(41)18-16-31)40(45)43(39)34-21-19-33(42)20-22-34;1-2(3)4/h9-10,13-22,25,27,36-39,44H,2-3,7-8,11-12,23-24,26H2,1,4-6H3;2-4H,1H3/b28-13+,30-14+,35-25+;. The highest BCUT2D eigenvalue weighted by Crippen LogP contribution is 2.40. The van der Waals surface area contributed by atoms with E-state index in [9.17, 15) is 18.7 Å². The number of rotatable bonds is 19. The molecule has 9 heteroatoms. The van der Waals surface area contributed by atoms with Crippen molar-refractivity contribution in [3.63, 3.8) is 0 Å². The minimum absolute atomic E-state index is 0.0226. The maximum absolute atomic E-state index is 13.7. The molecule has 0 saturated carbocycles. The topological polar surface area (TPSA) is 99.5 Å². The van der Waals surface area contributed by atoms with Gasteiger partial charge in [-0.3, -0.25) is 4.79 Å². The third kappa shape index (κ3) is 14.2. The number of aliphatic hydroxyl groups is 3. The van der Waals surface area contributed by atoms with Gasteiger partial charge in [-0.1, -0.05) is 69.9 Å². The van der Waals surface area contributed by atoms with Crippen LogP contribution in [-0.4, -0.2) is 52.4 Å². The predicted molar refractivity (Wildman–Crippen MR) is 201 cm³/mol. The number of allylic oxidation sites excluding steroid dienone is 7. The highest BCUT2D eigenvalue weighted by Gasteiger charge is 2.48. The molecule has 1 heterocycles. The zero-order chi connectivity index (χ0) is 38.1. The Bertz CT molecular complexity index is 1510. The Morgan fingerprint density at radius 3 is 2.06 bits per heavy atom. The van der Waals surface area contributed by atoms with Crippen molar-refractivity contribution in [3.8, 4) is 0 Å². The lowest BCUT2D eigenvalue weighted by atomic mass is 9.78. The summed E-state index contributed by atoms with van der Waals surface area (Å²) in [5.74, 6) is -0.695. The highest BCUT2D eigenvalue weighted by molar-refractivity contribution is 6.04. The fraction of sp³-hybridized carbons (Fsp3) is 0.405. The van der Waals surface area contributed by atoms with Gasteiger partial charge >= 0.3 is 0 Å². The number of nitrogens with zero attached hydrogens (tertiary/aromatic N) is 1. The molecule has 7 nitrogen and oxygen atoms in total. The average molecular weight is 708 g/mol. The van der Waals surface area contributed by atoms with Crippen LogP contribution in [0.15, 0.2) is 121 Å². The zero-order valence-electron chi connectivity index (χ0n) is 30.6. The van der Waals surface area contributed by atoms with Crippen molar-refractivity contribution in [1.29, 1.82) is 0 Å². The smallest absolute Gasteiger partial charge is 0.233 e. The second-order valence-corrected chi connectivity index (χ2v) is 12.8. The first-order valence-corrected chi connectivity index (χ1v) is 17.4. The van der Waals surface area contributed by atoms with E-state index in [0.29, 0.717) is 42.0 Å². The van der Waals surface area contributed by atoms with Gasteiger partial charge in [0.25, 0.3) is 0 Å². The second-order valence-electron chi connectivity index (χ2n) is 12.8. The lowest BCUT2D eigenvalue weighted by Gasteiger charge is -2.48. The number of halogens is 2. The quantitative estimate of drug-likeness (QED) is 0.0584. The molecule has 51 heavy (non-hydrogen) atoms. The van der Waals surface area contributed by atoms with Crippen LogP contribution in [0.3, 0.4) is 0 Å². The third-order valence-electron chi connectivity index (χ3n) is 8.21. The first-order valence-electron chi connectivity index (χ1n) is 17.4. The molecule has 3 N–H and O–H groups in total. The van der Waals surface area contributed by atoms with Crippen LogP contribution >= 0.6 is 0 Å². The summed E-state index contributed by atoms with van der Waals surface area (Å²) < 4.78 is 39.2. The summed E-state index contributed by atoms with van der Waals surface area (Å²) in [7, 11) is 0. The van der Waals surface area contributed by atoms with E-state index in [1.54, 1.807) is 41.3 Å². The summed E-state index contributed by atoms with van der Waals surface area (Å²) in [4.78, 5) is 15.1. The number of hydrogen-bond acceptors (Lipinski definition) is 6. The summed E-state index contributed by atoms with van der Waals surface area (Å²) in [6, 6.07) is 11.2. The van der Waals surface area contributed by atoms with E-state index in [-0.39, 0.29) is 35.8 Å². The van der Waals surface area contributed by atoms with Crippen molar-refractivity contribution >= 4 is 11.6 Å². The Morgan fingerprint density at radius 1 is 0.941 bits per heavy atom. The van der Waals surface area contributed by atoms with Crippen molar-refractivity contribution in [2.24, 2.45) is 5.92 Å². The predicted octanol–water partition coefficient (Wildman–Crippen LogP) is 8.81. The molecule has 1 aliphatic heterocycles. The van der Waals surface area contributed by atoms with Gasteiger partial charge in [0.05, 0.1) is 30.3 Å². The molecule has 0 aliphatic carbocycles. The Morgan fingerprint density at radius 2 is 1.53 bits per heavy atom. The number of amides is 1. The molecule has 2 aromatic rings. The van der Waals surface area contributed by atoms with Gasteiger partial charge in [0.1, 0.15) is 30.3 Å². The first-order chi connectivity index (χ1) is 24.2. The number of unbranched alkanes of at least 4 members (excludes halogenated alkanes) is 1. The van der Waals surface area contributed by atoms with E-state index in [1.807, 2.05) is 39.0 Å². The Balaban J connectivity index is 0.00000213. The summed E-state index contributed by atoms with van der Waals surface area (Å²) in [6.45, 7) is 21.9. The van der Waals surface area contributed by atoms with Crippen LogP contribution in [-0.2, 0) is 14.3 Å². The van der Waals surface area contributed by atoms with Crippen molar-refractivity contribution in [2.45, 2.75) is 97.4 Å². The molecule has 4 atom stereocenters. The lowest BCUT2D eigenvalue weighted by Crippen LogP contribution is -2.61. The minimum atomic E-state index is -1.17. The molecule has 1 saturated heterocycles. The van der Waals surface area contributed by atoms with Crippen LogP contribution in [0.2, 0.25) is 0 Å². The molecule has 1 fully saturated rings. The number of hydrogen-bond donors (Lipinski definition) is 3. The van der Waals surface area contributed by atoms with Gasteiger partial charge in [0.2, 0.25) is 5.91 Å². The van der Waals surface area contributed by atoms with Crippen molar-refractivity contribution in [2.75, 3.05) is 11.5 Å². The normalized spacial score (nSPS) is 17.8. The summed E-state index contributed by atoms with van der Waals surface area (Å²) in [5.41, 5.74) is 3.52. The summed E-state index contributed by atoms with van der Waals surface area (Å²) >= 11 is 0. The van der Waals surface area contributed by atoms with Gasteiger partial charge in [-0.05, 0) is 118 Å². The lowest BCUT2D eigenvalue weighted by molar-refractivity contribution is -0.129. The van der Waals surface area contributed by atoms with Crippen LogP contribution < -0.4 is 4.90 Å². The molecule has 0 aromatic heterocycles. The molecular weight excluding hydrogens is 652 g/mol. The molecule has 1 aliphatic rings. The molecule has 3 rings (SSSR count). The van der Waals surface area contributed by atoms with Gasteiger partial charge < -0.3 is 29.7 Å². The molecule has 0 spiro atoms. The molecule has 4 unspecified atom stereocenters. The van der Waals surface area contributed by atoms with Crippen molar-refractivity contribution < 1.29 is 38.4 Å². The minimum Gasteiger partial charge on any atom is -0.491 e. The van der Waals surface area contributed by atoms with Gasteiger partial charge in [0.15, 0.2) is 0 Å². The molecule has 0 bridgehead atoms. The molecule has 1 amide bonds. The van der Waals surface area contributed by atoms with Crippen molar-refractivity contribution in [3.05, 3.63) is 138 Å². The number of carbonyl (C=O) groups excluding carboxylic acids is 1. The van der Waals surface area contributed by atoms with Gasteiger partial charge in [0, 0.05) is 5.69 Å². The van der Waals surface area contributed by atoms with Crippen LogP contribution in [0.5, 0.6) is 0 Å². The fourth-order valence-corrected chi connectivity index (χ4v) is 5.67. The van der Waals surface area contributed by atoms with E-state index in [0.717, 1.165) is 30.4 Å². The van der Waals surface area contributed by atoms with Gasteiger partial charge in [-0.25, -0.2) is 8.78 Å². The first kappa shape index (κ1) is 43.0. The van der Waals surface area contributed by atoms with Crippen LogP contribution in [0.25, 0.3) is 0 Å². The van der Waals surface area contributed by atoms with Crippen molar-refractivity contribution in [1.82, 2.24) is 0 Å². The summed E-state index contributed by atoms with van der Waals surface area (Å²) in [6.07, 6.45) is 10.8. The maximum Gasteiger partial charge on any atom is 0.233 e. The maximum atomic E-state index is 13.7. The summed E-state index contributed by atoms with van der Waals surface area (Å²) in [5, 5.41) is 26.0. The molecule has 278 valence electrons. The number of anilines is 1. The van der Waals surface area contributed by atoms with Gasteiger partial charge in [-0.15, -0.1) is 0 Å². The van der Waals surface area contributed by atoms with E-state index >= 15 is 0 Å². The number of carbonyl (C=O) groups is 1. The van der Waals surface area contributed by atoms with Crippen LogP contribution in [0.4, 0.5) is 14.5 Å². The fourth-order valence-electron chi connectivity index (χ4n) is 5.67. The number of benzene rings is 2. The Kier molecular flexibility index (Phi) is 18.5. The van der Waals surface area contributed by atoms with E-state index in [2.05, 4.69) is 26.7 Å². The van der Waals surface area contributed by atoms with E-state index in [4.69, 9.17) is 19.7 Å². The SMILES string of the molecule is C=C/C(=C\C(=C)/C(C=C)=C/C=C(\C)C1C(CCC(O)c2ccc(F)cc2)C(=O)N1c1ccc(F)cc1)OCC(CCCC)OC(C)C.CC(O)O. The molecular formula is C42H55F2NO6. The van der Waals surface area contributed by atoms with Crippen LogP contribution in [0.1, 0.15) is 78.4 Å². The average Bonchev–Trinajstić information content (AvgIpc) is 3.08. The molecule has 0 radical (unpaired) electrons. The monoisotopic (exact) mass is 707 g/mol. The number of β-lactam (4-membered cyclic amide) rings is 1. The van der Waals surface area contributed by atoms with E-state index in [1.165, 1.54) is 31.2 Å². The van der Waals surface area contributed by atoms with E-state index < -0.39 is 18.3 Å². The third-order valence-corrected chi connectivity index (χ3v) is 8.21. The molecule has 2 aromatic carbocycles. The van der Waals surface area contributed by atoms with Crippen LogP contribution in [0, 0.1) is 17.6 Å².